The molecule has 1 aromatic carbocycles. The van der Waals surface area contributed by atoms with Gasteiger partial charge in [-0.2, -0.15) is 0 Å². The number of hydrogen-bond donors (Lipinski definition) is 1. The predicted octanol–water partition coefficient (Wildman–Crippen LogP) is 3.02. The minimum absolute atomic E-state index is 0.574. The molecule has 0 aliphatic rings. The van der Waals surface area contributed by atoms with Gasteiger partial charge in [-0.1, -0.05) is 6.07 Å². The second-order valence-electron chi connectivity index (χ2n) is 3.65. The first kappa shape index (κ1) is 11.0. The van der Waals surface area contributed by atoms with Gasteiger partial charge in [-0.15, -0.1) is 11.3 Å². The van der Waals surface area contributed by atoms with Crippen LogP contribution in [0, 0.1) is 13.8 Å². The number of nitrogen functional groups attached to an aromatic ring is 1. The first-order valence-electron chi connectivity index (χ1n) is 4.99. The van der Waals surface area contributed by atoms with Gasteiger partial charge in [0.15, 0.2) is 0 Å². The first-order chi connectivity index (χ1) is 7.61. The molecular weight excluding hydrogens is 220 g/mol. The Hall–Kier alpha value is -1.55. The van der Waals surface area contributed by atoms with Crippen molar-refractivity contribution in [1.82, 2.24) is 4.98 Å². The topological polar surface area (TPSA) is 48.1 Å². The minimum atomic E-state index is 0.574. The van der Waals surface area contributed by atoms with Crippen molar-refractivity contribution in [2.75, 3.05) is 12.8 Å². The van der Waals surface area contributed by atoms with Crippen molar-refractivity contribution >= 4 is 17.2 Å². The van der Waals surface area contributed by atoms with Crippen molar-refractivity contribution in [3.8, 4) is 16.2 Å². The summed E-state index contributed by atoms with van der Waals surface area (Å²) in [7, 11) is 1.67. The molecule has 0 saturated carbocycles. The maximum Gasteiger partial charge on any atom is 0.142 e. The summed E-state index contributed by atoms with van der Waals surface area (Å²) in [4.78, 5) is 5.21. The van der Waals surface area contributed by atoms with E-state index in [0.717, 1.165) is 21.2 Å². The van der Waals surface area contributed by atoms with Gasteiger partial charge in [-0.05, 0) is 31.5 Å². The van der Waals surface area contributed by atoms with Crippen molar-refractivity contribution in [2.45, 2.75) is 13.8 Å². The van der Waals surface area contributed by atoms with Crippen LogP contribution in [0.2, 0.25) is 0 Å². The Morgan fingerprint density at radius 1 is 1.31 bits per heavy atom. The average Bonchev–Trinajstić information content (AvgIpc) is 2.57. The second-order valence-corrected chi connectivity index (χ2v) is 4.85. The van der Waals surface area contributed by atoms with Crippen LogP contribution < -0.4 is 10.5 Å². The Morgan fingerprint density at radius 2 is 2.06 bits per heavy atom. The third-order valence-electron chi connectivity index (χ3n) is 2.36. The highest BCUT2D eigenvalue weighted by atomic mass is 32.1. The molecule has 4 heteroatoms. The zero-order valence-electron chi connectivity index (χ0n) is 9.57. The van der Waals surface area contributed by atoms with Crippen LogP contribution in [0.1, 0.15) is 10.6 Å². The van der Waals surface area contributed by atoms with Gasteiger partial charge in [0.2, 0.25) is 0 Å². The van der Waals surface area contributed by atoms with Crippen LogP contribution >= 0.6 is 11.3 Å². The van der Waals surface area contributed by atoms with E-state index >= 15 is 0 Å². The molecule has 0 fully saturated rings. The largest absolute Gasteiger partial charge is 0.496 e. The summed E-state index contributed by atoms with van der Waals surface area (Å²) in [5, 5.41) is 0.968. The Labute approximate surface area is 98.9 Å². The smallest absolute Gasteiger partial charge is 0.142 e. The molecule has 0 atom stereocenters. The summed E-state index contributed by atoms with van der Waals surface area (Å²) in [6.45, 7) is 3.98. The fourth-order valence-electron chi connectivity index (χ4n) is 1.62. The van der Waals surface area contributed by atoms with Gasteiger partial charge in [0.05, 0.1) is 17.0 Å². The number of hydrogen-bond acceptors (Lipinski definition) is 4. The minimum Gasteiger partial charge on any atom is -0.496 e. The lowest BCUT2D eigenvalue weighted by atomic mass is 10.1. The zero-order chi connectivity index (χ0) is 11.7. The van der Waals surface area contributed by atoms with Gasteiger partial charge < -0.3 is 10.5 Å². The van der Waals surface area contributed by atoms with E-state index in [4.69, 9.17) is 10.5 Å². The highest BCUT2D eigenvalue weighted by molar-refractivity contribution is 7.15. The quantitative estimate of drug-likeness (QED) is 0.869. The number of nitrogens with zero attached hydrogens (tertiary/aromatic N) is 1. The normalized spacial score (nSPS) is 10.4. The van der Waals surface area contributed by atoms with E-state index in [2.05, 4.69) is 4.98 Å². The molecule has 0 saturated heterocycles. The Kier molecular flexibility index (Phi) is 2.83. The molecule has 0 aliphatic heterocycles. The summed E-state index contributed by atoms with van der Waals surface area (Å²) in [5.41, 5.74) is 8.06. The van der Waals surface area contributed by atoms with Crippen LogP contribution in [0.15, 0.2) is 18.2 Å². The number of thiazole rings is 1. The number of benzene rings is 1. The van der Waals surface area contributed by atoms with E-state index in [-0.39, 0.29) is 0 Å². The monoisotopic (exact) mass is 234 g/mol. The fraction of sp³-hybridized carbons (Fsp3) is 0.250. The first-order valence-corrected chi connectivity index (χ1v) is 5.81. The Bertz CT molecular complexity index is 520. The van der Waals surface area contributed by atoms with E-state index in [1.165, 1.54) is 5.56 Å². The van der Waals surface area contributed by atoms with Crippen LogP contribution in [-0.4, -0.2) is 12.1 Å². The molecule has 0 bridgehead atoms. The molecule has 1 heterocycles. The van der Waals surface area contributed by atoms with E-state index in [0.29, 0.717) is 5.82 Å². The van der Waals surface area contributed by atoms with Crippen LogP contribution in [-0.2, 0) is 0 Å². The van der Waals surface area contributed by atoms with Crippen LogP contribution in [0.5, 0.6) is 5.75 Å². The lowest BCUT2D eigenvalue weighted by Gasteiger charge is -2.07. The molecule has 0 radical (unpaired) electrons. The average molecular weight is 234 g/mol. The second kappa shape index (κ2) is 4.14. The summed E-state index contributed by atoms with van der Waals surface area (Å²) in [6.07, 6.45) is 0. The molecular formula is C12H14N2OS. The number of nitrogens with two attached hydrogens (primary N) is 1. The molecule has 1 aromatic heterocycles. The maximum atomic E-state index is 5.88. The van der Waals surface area contributed by atoms with Crippen molar-refractivity contribution in [2.24, 2.45) is 0 Å². The molecule has 3 nitrogen and oxygen atoms in total. The standard InChI is InChI=1S/C12H14N2OS/c1-7-4-5-9(10(6-7)15-3)11-12(13)14-8(2)16-11/h4-6H,13H2,1-3H3. The predicted molar refractivity (Wildman–Crippen MR) is 68.0 cm³/mol. The highest BCUT2D eigenvalue weighted by Gasteiger charge is 2.12. The number of aromatic nitrogens is 1. The fourth-order valence-corrected chi connectivity index (χ4v) is 2.49. The van der Waals surface area contributed by atoms with E-state index in [1.807, 2.05) is 32.0 Å². The number of aryl methyl sites for hydroxylation is 2. The maximum absolute atomic E-state index is 5.88. The van der Waals surface area contributed by atoms with Gasteiger partial charge in [0.1, 0.15) is 11.6 Å². The van der Waals surface area contributed by atoms with Crippen molar-refractivity contribution in [1.29, 1.82) is 0 Å². The van der Waals surface area contributed by atoms with E-state index < -0.39 is 0 Å². The third kappa shape index (κ3) is 1.88. The van der Waals surface area contributed by atoms with Crippen molar-refractivity contribution < 1.29 is 4.74 Å². The Morgan fingerprint density at radius 3 is 2.62 bits per heavy atom. The molecule has 2 N–H and O–H groups in total. The molecule has 2 rings (SSSR count). The van der Waals surface area contributed by atoms with Gasteiger partial charge >= 0.3 is 0 Å². The lowest BCUT2D eigenvalue weighted by molar-refractivity contribution is 0.416. The van der Waals surface area contributed by atoms with Crippen molar-refractivity contribution in [3.63, 3.8) is 0 Å². The molecule has 0 amide bonds. The number of ether oxygens (including phenoxy) is 1. The molecule has 16 heavy (non-hydrogen) atoms. The number of methoxy groups -OCH3 is 1. The molecule has 0 spiro atoms. The highest BCUT2D eigenvalue weighted by Crippen LogP contribution is 2.38. The molecule has 84 valence electrons. The van der Waals surface area contributed by atoms with Crippen LogP contribution in [0.25, 0.3) is 10.4 Å². The molecule has 0 aliphatic carbocycles. The van der Waals surface area contributed by atoms with Crippen molar-refractivity contribution in [3.05, 3.63) is 28.8 Å². The van der Waals surface area contributed by atoms with Crippen LogP contribution in [0.3, 0.4) is 0 Å². The van der Waals surface area contributed by atoms with Gasteiger partial charge in [0, 0.05) is 5.56 Å². The molecule has 0 unspecified atom stereocenters. The summed E-state index contributed by atoms with van der Waals surface area (Å²) in [6, 6.07) is 6.08. The summed E-state index contributed by atoms with van der Waals surface area (Å²) >= 11 is 1.59. The van der Waals surface area contributed by atoms with Gasteiger partial charge in [-0.25, -0.2) is 4.98 Å². The SMILES string of the molecule is COc1cc(C)ccc1-c1sc(C)nc1N. The van der Waals surface area contributed by atoms with E-state index in [1.54, 1.807) is 18.4 Å². The number of rotatable bonds is 2. The summed E-state index contributed by atoms with van der Waals surface area (Å²) < 4.78 is 5.37. The van der Waals surface area contributed by atoms with E-state index in [9.17, 15) is 0 Å². The van der Waals surface area contributed by atoms with Crippen LogP contribution in [0.4, 0.5) is 5.82 Å². The summed E-state index contributed by atoms with van der Waals surface area (Å²) in [5.74, 6) is 1.42. The third-order valence-corrected chi connectivity index (χ3v) is 3.38. The lowest BCUT2D eigenvalue weighted by Crippen LogP contribution is -1.91. The Balaban J connectivity index is 2.59. The van der Waals surface area contributed by atoms with Gasteiger partial charge in [0.25, 0.3) is 0 Å². The molecule has 2 aromatic rings. The van der Waals surface area contributed by atoms with Gasteiger partial charge in [-0.3, -0.25) is 0 Å². The zero-order valence-corrected chi connectivity index (χ0v) is 10.4. The number of anilines is 1.